The lowest BCUT2D eigenvalue weighted by molar-refractivity contribution is -0.385. The molecule has 0 bridgehead atoms. The van der Waals surface area contributed by atoms with Crippen molar-refractivity contribution in [2.24, 2.45) is 0 Å². The minimum Gasteiger partial charge on any atom is -0.258 e. The van der Waals surface area contributed by atoms with Crippen molar-refractivity contribution >= 4 is 28.0 Å². The number of thiol groups is 1. The number of nitro groups is 1. The van der Waals surface area contributed by atoms with Gasteiger partial charge in [-0.05, 0) is 6.07 Å². The second-order valence-corrected chi connectivity index (χ2v) is 5.36. The van der Waals surface area contributed by atoms with Gasteiger partial charge in [0.25, 0.3) is 5.69 Å². The van der Waals surface area contributed by atoms with E-state index in [2.05, 4.69) is 12.6 Å². The Morgan fingerprint density at radius 2 is 2.14 bits per heavy atom. The highest BCUT2D eigenvalue weighted by molar-refractivity contribution is 7.92. The Balaban J connectivity index is 3.35. The predicted molar refractivity (Wildman–Crippen MR) is 55.4 cm³/mol. The molecule has 0 radical (unpaired) electrons. The first-order valence-corrected chi connectivity index (χ1v) is 5.95. The highest BCUT2D eigenvalue weighted by Gasteiger charge is 2.12. The first-order valence-electron chi connectivity index (χ1n) is 3.53. The molecule has 0 amide bonds. The van der Waals surface area contributed by atoms with Gasteiger partial charge in [0, 0.05) is 23.3 Å². The third-order valence-corrected chi connectivity index (χ3v) is 3.29. The summed E-state index contributed by atoms with van der Waals surface area (Å²) in [6.45, 7) is 0. The molecule has 0 saturated carbocycles. The van der Waals surface area contributed by atoms with E-state index in [9.17, 15) is 14.3 Å². The number of benzene rings is 1. The predicted octanol–water partition coefficient (Wildman–Crippen LogP) is 1.92. The van der Waals surface area contributed by atoms with Crippen molar-refractivity contribution in [1.82, 2.24) is 0 Å². The average Bonchev–Trinajstić information content (AvgIpc) is 2.01. The molecular formula is C7H8N2O3S2. The zero-order chi connectivity index (χ0) is 10.9. The van der Waals surface area contributed by atoms with Crippen LogP contribution in [0.3, 0.4) is 0 Å². The van der Waals surface area contributed by atoms with Gasteiger partial charge in [0.1, 0.15) is 0 Å². The van der Waals surface area contributed by atoms with Crippen LogP contribution in [-0.4, -0.2) is 15.4 Å². The highest BCUT2D eigenvalue weighted by Crippen LogP contribution is 2.24. The number of hydrogen-bond donors (Lipinski definition) is 2. The Bertz CT molecular complexity index is 482. The van der Waals surface area contributed by atoms with Crippen LogP contribution in [0.25, 0.3) is 0 Å². The molecule has 5 nitrogen and oxygen atoms in total. The van der Waals surface area contributed by atoms with E-state index < -0.39 is 14.7 Å². The van der Waals surface area contributed by atoms with Crippen molar-refractivity contribution in [3.63, 3.8) is 0 Å². The molecule has 0 saturated heterocycles. The monoisotopic (exact) mass is 232 g/mol. The molecule has 14 heavy (non-hydrogen) atoms. The van der Waals surface area contributed by atoms with Crippen molar-refractivity contribution in [3.8, 4) is 0 Å². The molecule has 1 N–H and O–H groups in total. The van der Waals surface area contributed by atoms with Gasteiger partial charge in [0.15, 0.2) is 0 Å². The maximum atomic E-state index is 11.3. The van der Waals surface area contributed by atoms with Crippen LogP contribution in [0.4, 0.5) is 5.69 Å². The van der Waals surface area contributed by atoms with Crippen molar-refractivity contribution in [2.45, 2.75) is 9.79 Å². The summed E-state index contributed by atoms with van der Waals surface area (Å²) in [6, 6.07) is 3.71. The zero-order valence-corrected chi connectivity index (χ0v) is 8.97. The fraction of sp³-hybridized carbons (Fsp3) is 0.143. The average molecular weight is 232 g/mol. The number of non-ortho nitro benzene ring substituents is 1. The maximum Gasteiger partial charge on any atom is 0.270 e. The third kappa shape index (κ3) is 2.24. The molecule has 1 unspecified atom stereocenters. The largest absolute Gasteiger partial charge is 0.270 e. The van der Waals surface area contributed by atoms with Crippen LogP contribution in [-0.2, 0) is 9.73 Å². The van der Waals surface area contributed by atoms with Crippen LogP contribution in [0, 0.1) is 14.9 Å². The van der Waals surface area contributed by atoms with E-state index in [0.29, 0.717) is 0 Å². The van der Waals surface area contributed by atoms with E-state index in [4.69, 9.17) is 4.78 Å². The molecule has 1 atom stereocenters. The molecule has 76 valence electrons. The van der Waals surface area contributed by atoms with Gasteiger partial charge in [-0.3, -0.25) is 10.1 Å². The van der Waals surface area contributed by atoms with Gasteiger partial charge in [-0.15, -0.1) is 12.6 Å². The molecule has 0 heterocycles. The first-order chi connectivity index (χ1) is 6.32. The molecule has 1 rings (SSSR count). The summed E-state index contributed by atoms with van der Waals surface area (Å²) in [6.07, 6.45) is 1.24. The minimum absolute atomic E-state index is 0.123. The summed E-state index contributed by atoms with van der Waals surface area (Å²) in [4.78, 5) is 10.2. The second-order valence-electron chi connectivity index (χ2n) is 2.75. The van der Waals surface area contributed by atoms with E-state index in [1.54, 1.807) is 0 Å². The SMILES string of the molecule is CS(=N)(=O)c1ccc([N+](=O)[O-])cc1S. The first kappa shape index (κ1) is 11.0. The fourth-order valence-corrected chi connectivity index (χ4v) is 2.46. The number of rotatable bonds is 2. The van der Waals surface area contributed by atoms with Crippen LogP contribution in [0.2, 0.25) is 0 Å². The summed E-state index contributed by atoms with van der Waals surface area (Å²) in [5, 5.41) is 10.4. The molecule has 7 heteroatoms. The van der Waals surface area contributed by atoms with Gasteiger partial charge in [-0.1, -0.05) is 0 Å². The Morgan fingerprint density at radius 1 is 1.57 bits per heavy atom. The number of hydrogen-bond acceptors (Lipinski definition) is 5. The Kier molecular flexibility index (Phi) is 2.81. The summed E-state index contributed by atoms with van der Waals surface area (Å²) in [7, 11) is -2.87. The Hall–Kier alpha value is -1.08. The summed E-state index contributed by atoms with van der Waals surface area (Å²) < 4.78 is 18.6. The quantitative estimate of drug-likeness (QED) is 0.464. The standard InChI is InChI=1S/C7H8N2O3S2/c1-14(8,12)7-3-2-5(9(10)11)4-6(7)13/h2-4,8,13H,1H3. The van der Waals surface area contributed by atoms with Crippen LogP contribution >= 0.6 is 12.6 Å². The van der Waals surface area contributed by atoms with Crippen molar-refractivity contribution in [2.75, 3.05) is 6.26 Å². The lowest BCUT2D eigenvalue weighted by Gasteiger charge is -2.03. The normalized spacial score (nSPS) is 14.7. The number of nitrogens with zero attached hydrogens (tertiary/aromatic N) is 1. The third-order valence-electron chi connectivity index (χ3n) is 1.57. The molecule has 0 aliphatic rings. The van der Waals surface area contributed by atoms with E-state index in [0.717, 1.165) is 0 Å². The van der Waals surface area contributed by atoms with Gasteiger partial charge >= 0.3 is 0 Å². The molecule has 0 fully saturated rings. The summed E-state index contributed by atoms with van der Waals surface area (Å²) in [5.74, 6) is 0. The molecule has 0 aromatic heterocycles. The fourth-order valence-electron chi connectivity index (χ4n) is 0.949. The van der Waals surface area contributed by atoms with Gasteiger partial charge in [-0.2, -0.15) is 0 Å². The van der Waals surface area contributed by atoms with E-state index in [1.807, 2.05) is 0 Å². The molecule has 0 spiro atoms. The van der Waals surface area contributed by atoms with Crippen LogP contribution < -0.4 is 0 Å². The van der Waals surface area contributed by atoms with E-state index in [1.165, 1.54) is 24.5 Å². The minimum atomic E-state index is -2.87. The van der Waals surface area contributed by atoms with Gasteiger partial charge in [0.2, 0.25) is 0 Å². The summed E-state index contributed by atoms with van der Waals surface area (Å²) in [5.41, 5.74) is -0.123. The van der Waals surface area contributed by atoms with Crippen LogP contribution in [0.15, 0.2) is 28.0 Å². The van der Waals surface area contributed by atoms with Crippen LogP contribution in [0.1, 0.15) is 0 Å². The van der Waals surface area contributed by atoms with Crippen molar-refractivity contribution in [1.29, 1.82) is 4.78 Å². The number of nitro benzene ring substituents is 1. The molecular weight excluding hydrogens is 224 g/mol. The molecule has 1 aromatic carbocycles. The zero-order valence-electron chi connectivity index (χ0n) is 7.26. The Labute approximate surface area is 86.7 Å². The second kappa shape index (κ2) is 3.58. The smallest absolute Gasteiger partial charge is 0.258 e. The van der Waals surface area contributed by atoms with E-state index >= 15 is 0 Å². The lowest BCUT2D eigenvalue weighted by atomic mass is 10.3. The molecule has 0 aliphatic carbocycles. The molecule has 0 aliphatic heterocycles. The summed E-state index contributed by atoms with van der Waals surface area (Å²) >= 11 is 3.95. The van der Waals surface area contributed by atoms with Crippen LogP contribution in [0.5, 0.6) is 0 Å². The van der Waals surface area contributed by atoms with Gasteiger partial charge in [0.05, 0.1) is 19.5 Å². The highest BCUT2D eigenvalue weighted by atomic mass is 32.2. The van der Waals surface area contributed by atoms with Crippen molar-refractivity contribution in [3.05, 3.63) is 28.3 Å². The molecule has 1 aromatic rings. The van der Waals surface area contributed by atoms with E-state index in [-0.39, 0.29) is 15.5 Å². The lowest BCUT2D eigenvalue weighted by Crippen LogP contribution is -1.97. The Morgan fingerprint density at radius 3 is 2.50 bits per heavy atom. The maximum absolute atomic E-state index is 11.3. The van der Waals surface area contributed by atoms with Gasteiger partial charge in [-0.25, -0.2) is 8.99 Å². The number of nitrogens with one attached hydrogen (secondary N) is 1. The van der Waals surface area contributed by atoms with Gasteiger partial charge < -0.3 is 0 Å². The topological polar surface area (TPSA) is 84.1 Å². The van der Waals surface area contributed by atoms with Crippen molar-refractivity contribution < 1.29 is 9.13 Å².